The fourth-order valence-corrected chi connectivity index (χ4v) is 2.11. The molecule has 1 heterocycles. The molecule has 0 radical (unpaired) electrons. The molecule has 0 unspecified atom stereocenters. The van der Waals surface area contributed by atoms with Crippen LogP contribution in [0.3, 0.4) is 0 Å². The normalized spacial score (nSPS) is 14.8. The summed E-state index contributed by atoms with van der Waals surface area (Å²) in [5.41, 5.74) is 0.0761. The summed E-state index contributed by atoms with van der Waals surface area (Å²) >= 11 is 0. The Balaban J connectivity index is 2.41. The molecule has 110 valence electrons. The summed E-state index contributed by atoms with van der Waals surface area (Å²) in [7, 11) is 0. The maximum atomic E-state index is 13.7. The monoisotopic (exact) mass is 286 g/mol. The van der Waals surface area contributed by atoms with E-state index in [0.717, 1.165) is 6.92 Å². The summed E-state index contributed by atoms with van der Waals surface area (Å²) in [6, 6.07) is 2.73. The van der Waals surface area contributed by atoms with Gasteiger partial charge in [0.2, 0.25) is 0 Å². The highest BCUT2D eigenvalue weighted by Crippen LogP contribution is 2.39. The molecule has 0 fully saturated rings. The van der Waals surface area contributed by atoms with Gasteiger partial charge >= 0.3 is 5.97 Å². The Bertz CT molecular complexity index is 509. The van der Waals surface area contributed by atoms with E-state index in [2.05, 4.69) is 0 Å². The van der Waals surface area contributed by atoms with Crippen LogP contribution in [-0.4, -0.2) is 24.3 Å². The van der Waals surface area contributed by atoms with Crippen LogP contribution < -0.4 is 9.47 Å². The molecule has 0 aromatic heterocycles. The van der Waals surface area contributed by atoms with Gasteiger partial charge in [-0.1, -0.05) is 0 Å². The molecule has 0 bridgehead atoms. The van der Waals surface area contributed by atoms with E-state index in [1.807, 2.05) is 0 Å². The second-order valence-corrected chi connectivity index (χ2v) is 4.79. The molecule has 0 spiro atoms. The number of benzene rings is 1. The Morgan fingerprint density at radius 3 is 2.45 bits per heavy atom. The van der Waals surface area contributed by atoms with E-state index >= 15 is 0 Å². The quantitative estimate of drug-likeness (QED) is 0.924. The molecule has 4 nitrogen and oxygen atoms in total. The zero-order valence-corrected chi connectivity index (χ0v) is 11.1. The van der Waals surface area contributed by atoms with Gasteiger partial charge in [0, 0.05) is 25.3 Å². The third kappa shape index (κ3) is 3.37. The van der Waals surface area contributed by atoms with Gasteiger partial charge in [0.1, 0.15) is 0 Å². The van der Waals surface area contributed by atoms with Gasteiger partial charge < -0.3 is 14.6 Å². The van der Waals surface area contributed by atoms with Crippen LogP contribution in [0.2, 0.25) is 0 Å². The second-order valence-electron chi connectivity index (χ2n) is 4.79. The maximum absolute atomic E-state index is 13.7. The lowest BCUT2D eigenvalue weighted by molar-refractivity contribution is -0.137. The lowest BCUT2D eigenvalue weighted by Gasteiger charge is -2.18. The van der Waals surface area contributed by atoms with Crippen LogP contribution in [0.1, 0.15) is 30.9 Å². The highest BCUT2D eigenvalue weighted by Gasteiger charge is 2.30. The van der Waals surface area contributed by atoms with Crippen molar-refractivity contribution >= 4 is 5.97 Å². The Labute approximate surface area is 115 Å². The second kappa shape index (κ2) is 5.64. The molecular weight excluding hydrogens is 270 g/mol. The van der Waals surface area contributed by atoms with E-state index in [-0.39, 0.29) is 29.7 Å². The molecule has 0 saturated heterocycles. The number of aryl methyl sites for hydroxylation is 1. The molecule has 20 heavy (non-hydrogen) atoms. The third-order valence-corrected chi connectivity index (χ3v) is 3.05. The molecule has 1 aromatic rings. The predicted octanol–water partition coefficient (Wildman–Crippen LogP) is 2.98. The standard InChI is InChI=1S/C14H16F2O4/c1-14(15,16)10-8-12-11(19-5-2-6-20-12)7-9(10)3-4-13(17)18/h7-8H,2-6H2,1H3,(H,17,18). The fraction of sp³-hybridized carbons (Fsp3) is 0.500. The summed E-state index contributed by atoms with van der Waals surface area (Å²) in [6.45, 7) is 1.65. The van der Waals surface area contributed by atoms with Crippen molar-refractivity contribution in [3.63, 3.8) is 0 Å². The molecule has 6 heteroatoms. The number of hydrogen-bond acceptors (Lipinski definition) is 3. The van der Waals surface area contributed by atoms with Crippen molar-refractivity contribution in [2.75, 3.05) is 13.2 Å². The Morgan fingerprint density at radius 2 is 1.90 bits per heavy atom. The summed E-state index contributed by atoms with van der Waals surface area (Å²) in [6.07, 6.45) is 0.504. The third-order valence-electron chi connectivity index (χ3n) is 3.05. The zero-order valence-electron chi connectivity index (χ0n) is 11.1. The topological polar surface area (TPSA) is 55.8 Å². The highest BCUT2D eigenvalue weighted by atomic mass is 19.3. The van der Waals surface area contributed by atoms with E-state index in [1.54, 1.807) is 0 Å². The lowest BCUT2D eigenvalue weighted by Crippen LogP contribution is -2.12. The Kier molecular flexibility index (Phi) is 4.11. The first-order valence-corrected chi connectivity index (χ1v) is 6.40. The van der Waals surface area contributed by atoms with Gasteiger partial charge in [0.15, 0.2) is 11.5 Å². The minimum Gasteiger partial charge on any atom is -0.490 e. The lowest BCUT2D eigenvalue weighted by atomic mass is 9.97. The number of hydrogen-bond donors (Lipinski definition) is 1. The average molecular weight is 286 g/mol. The first kappa shape index (κ1) is 14.6. The maximum Gasteiger partial charge on any atom is 0.303 e. The van der Waals surface area contributed by atoms with Crippen molar-refractivity contribution in [3.8, 4) is 11.5 Å². The van der Waals surface area contributed by atoms with Crippen molar-refractivity contribution in [2.24, 2.45) is 0 Å². The van der Waals surface area contributed by atoms with E-state index in [1.165, 1.54) is 12.1 Å². The van der Waals surface area contributed by atoms with Gasteiger partial charge in [0.05, 0.1) is 13.2 Å². The van der Waals surface area contributed by atoms with Gasteiger partial charge in [-0.25, -0.2) is 8.78 Å². The van der Waals surface area contributed by atoms with Crippen molar-refractivity contribution in [3.05, 3.63) is 23.3 Å². The number of fused-ring (bicyclic) bond motifs is 1. The van der Waals surface area contributed by atoms with Crippen LogP contribution in [0, 0.1) is 0 Å². The number of carboxylic acid groups (broad SMARTS) is 1. The molecular formula is C14H16F2O4. The predicted molar refractivity (Wildman–Crippen MR) is 67.6 cm³/mol. The fourth-order valence-electron chi connectivity index (χ4n) is 2.11. The zero-order chi connectivity index (χ0) is 14.8. The van der Waals surface area contributed by atoms with E-state index in [9.17, 15) is 13.6 Å². The van der Waals surface area contributed by atoms with Gasteiger partial charge in [0.25, 0.3) is 5.92 Å². The SMILES string of the molecule is CC(F)(F)c1cc2c(cc1CCC(=O)O)OCCCO2. The van der Waals surface area contributed by atoms with Crippen molar-refractivity contribution in [1.29, 1.82) is 0 Å². The first-order valence-electron chi connectivity index (χ1n) is 6.40. The number of carboxylic acids is 1. The Morgan fingerprint density at radius 1 is 1.30 bits per heavy atom. The number of rotatable bonds is 4. The molecule has 0 saturated carbocycles. The van der Waals surface area contributed by atoms with E-state index in [4.69, 9.17) is 14.6 Å². The van der Waals surface area contributed by atoms with Crippen LogP contribution in [-0.2, 0) is 17.1 Å². The molecule has 0 aliphatic carbocycles. The van der Waals surface area contributed by atoms with E-state index < -0.39 is 11.9 Å². The van der Waals surface area contributed by atoms with Gasteiger partial charge in [-0.2, -0.15) is 0 Å². The smallest absolute Gasteiger partial charge is 0.303 e. The van der Waals surface area contributed by atoms with Crippen molar-refractivity contribution < 1.29 is 28.2 Å². The van der Waals surface area contributed by atoms with Crippen molar-refractivity contribution in [1.82, 2.24) is 0 Å². The first-order chi connectivity index (χ1) is 9.38. The number of alkyl halides is 2. The van der Waals surface area contributed by atoms with Crippen LogP contribution in [0.25, 0.3) is 0 Å². The Hall–Kier alpha value is -1.85. The van der Waals surface area contributed by atoms with Crippen LogP contribution >= 0.6 is 0 Å². The summed E-state index contributed by atoms with van der Waals surface area (Å²) in [4.78, 5) is 10.6. The summed E-state index contributed by atoms with van der Waals surface area (Å²) in [5, 5.41) is 8.71. The highest BCUT2D eigenvalue weighted by molar-refractivity contribution is 5.67. The number of halogens is 2. The summed E-state index contributed by atoms with van der Waals surface area (Å²) in [5.74, 6) is -3.39. The largest absolute Gasteiger partial charge is 0.490 e. The van der Waals surface area contributed by atoms with Crippen LogP contribution in [0.15, 0.2) is 12.1 Å². The molecule has 1 aliphatic rings. The van der Waals surface area contributed by atoms with Gasteiger partial charge in [-0.3, -0.25) is 4.79 Å². The number of carbonyl (C=O) groups is 1. The molecule has 0 amide bonds. The van der Waals surface area contributed by atoms with Gasteiger partial charge in [-0.15, -0.1) is 0 Å². The molecule has 0 atom stereocenters. The number of aliphatic carboxylic acids is 1. The molecule has 2 rings (SSSR count). The van der Waals surface area contributed by atoms with Crippen LogP contribution in [0.4, 0.5) is 8.78 Å². The molecule has 1 aromatic carbocycles. The number of ether oxygens (including phenoxy) is 2. The molecule has 1 aliphatic heterocycles. The molecule has 1 N–H and O–H groups in total. The van der Waals surface area contributed by atoms with Gasteiger partial charge in [-0.05, 0) is 24.1 Å². The van der Waals surface area contributed by atoms with Crippen LogP contribution in [0.5, 0.6) is 11.5 Å². The van der Waals surface area contributed by atoms with Crippen molar-refractivity contribution in [2.45, 2.75) is 32.1 Å². The minimum atomic E-state index is -3.06. The average Bonchev–Trinajstić information content (AvgIpc) is 2.58. The van der Waals surface area contributed by atoms with E-state index in [0.29, 0.717) is 25.4 Å². The minimum absolute atomic E-state index is 0.0325. The summed E-state index contributed by atoms with van der Waals surface area (Å²) < 4.78 is 38.2.